The minimum atomic E-state index is -0.567. The Balaban J connectivity index is 1.75. The maximum Gasteiger partial charge on any atom is 0.271 e. The van der Waals surface area contributed by atoms with Crippen LogP contribution in [0.3, 0.4) is 0 Å². The Hall–Kier alpha value is -4.75. The zero-order valence-corrected chi connectivity index (χ0v) is 18.0. The quantitative estimate of drug-likeness (QED) is 0.186. The summed E-state index contributed by atoms with van der Waals surface area (Å²) >= 11 is 0. The van der Waals surface area contributed by atoms with Crippen molar-refractivity contribution in [3.63, 3.8) is 0 Å². The molecule has 0 radical (unpaired) electrons. The highest BCUT2D eigenvalue weighted by molar-refractivity contribution is 5.80. The predicted octanol–water partition coefficient (Wildman–Crippen LogP) is 3.93. The first-order chi connectivity index (χ1) is 16.5. The highest BCUT2D eigenvalue weighted by atomic mass is 17.2. The topological polar surface area (TPSA) is 157 Å². The average molecular weight is 465 g/mol. The summed E-state index contributed by atoms with van der Waals surface area (Å²) in [5.74, 6) is 1.43. The van der Waals surface area contributed by atoms with E-state index in [-0.39, 0.29) is 23.0 Å². The molecule has 0 aliphatic carbocycles. The van der Waals surface area contributed by atoms with Gasteiger partial charge in [0, 0.05) is 42.2 Å². The molecule has 0 atom stereocenters. The number of fused-ring (bicyclic) bond motifs is 1. The number of ether oxygens (including phenoxy) is 2. The molecule has 2 heterocycles. The molecule has 0 aliphatic rings. The number of hydrogen-bond acceptors (Lipinski definition) is 12. The van der Waals surface area contributed by atoms with E-state index in [1.54, 1.807) is 36.5 Å². The molecule has 0 bridgehead atoms. The summed E-state index contributed by atoms with van der Waals surface area (Å²) in [6, 6.07) is 14.1. The minimum Gasteiger partial charge on any atom is -0.497 e. The van der Waals surface area contributed by atoms with Gasteiger partial charge in [0.15, 0.2) is 17.3 Å². The van der Waals surface area contributed by atoms with E-state index in [2.05, 4.69) is 30.7 Å². The molecule has 0 aliphatic heterocycles. The van der Waals surface area contributed by atoms with Crippen LogP contribution in [0.2, 0.25) is 0 Å². The van der Waals surface area contributed by atoms with E-state index >= 15 is 0 Å². The molecule has 0 amide bonds. The van der Waals surface area contributed by atoms with E-state index in [1.165, 1.54) is 38.5 Å². The third-order valence-corrected chi connectivity index (χ3v) is 4.62. The second kappa shape index (κ2) is 9.81. The van der Waals surface area contributed by atoms with Crippen molar-refractivity contribution < 1.29 is 24.6 Å². The third-order valence-electron chi connectivity index (χ3n) is 4.62. The number of hydrogen-bond donors (Lipinski definition) is 3. The molecule has 3 N–H and O–H groups in total. The summed E-state index contributed by atoms with van der Waals surface area (Å²) in [6.07, 6.45) is 1.56. The normalized spacial score (nSPS) is 10.6. The number of benzene rings is 2. The molecule has 2 aromatic carbocycles. The van der Waals surface area contributed by atoms with E-state index in [1.807, 2.05) is 0 Å². The Morgan fingerprint density at radius 1 is 1.00 bits per heavy atom. The summed E-state index contributed by atoms with van der Waals surface area (Å²) in [7, 11) is 3.06. The fourth-order valence-corrected chi connectivity index (χ4v) is 3.04. The lowest BCUT2D eigenvalue weighted by molar-refractivity contribution is -0.384. The van der Waals surface area contributed by atoms with E-state index in [9.17, 15) is 15.4 Å². The number of rotatable bonds is 9. The standard InChI is InChI=1S/C21H19N7O6/c1-32-16-9-13(10-17(12-16)33-2)23-20-21(25-19-18(24-20)7-4-8-22-19)26-27(34-31)14-5-3-6-15(11-14)28(29)30/h3-12,31H,1-2H3,(H,23,24)(H,22,25,26). The van der Waals surface area contributed by atoms with Crippen molar-refractivity contribution in [2.24, 2.45) is 0 Å². The van der Waals surface area contributed by atoms with Crippen LogP contribution in [0.25, 0.3) is 11.2 Å². The predicted molar refractivity (Wildman–Crippen MR) is 123 cm³/mol. The van der Waals surface area contributed by atoms with Crippen LogP contribution < -0.4 is 25.4 Å². The van der Waals surface area contributed by atoms with Crippen molar-refractivity contribution in [1.82, 2.24) is 15.0 Å². The molecule has 0 saturated carbocycles. The fraction of sp³-hybridized carbons (Fsp3) is 0.0952. The first-order valence-electron chi connectivity index (χ1n) is 9.76. The van der Waals surface area contributed by atoms with Crippen molar-refractivity contribution in [2.45, 2.75) is 0 Å². The number of hydrazine groups is 1. The Morgan fingerprint density at radius 2 is 1.76 bits per heavy atom. The minimum absolute atomic E-state index is 0.105. The number of methoxy groups -OCH3 is 2. The van der Waals surface area contributed by atoms with Gasteiger partial charge in [-0.15, -0.1) is 5.17 Å². The van der Waals surface area contributed by atoms with Crippen molar-refractivity contribution in [2.75, 3.05) is 30.1 Å². The van der Waals surface area contributed by atoms with Gasteiger partial charge in [0.1, 0.15) is 17.0 Å². The number of non-ortho nitro benzene ring substituents is 1. The van der Waals surface area contributed by atoms with E-state index < -0.39 is 4.92 Å². The van der Waals surface area contributed by atoms with Gasteiger partial charge in [0.05, 0.1) is 24.8 Å². The lowest BCUT2D eigenvalue weighted by Gasteiger charge is -2.22. The summed E-state index contributed by atoms with van der Waals surface area (Å²) in [6.45, 7) is 0. The summed E-state index contributed by atoms with van der Waals surface area (Å²) in [5, 5.41) is 24.5. The van der Waals surface area contributed by atoms with Crippen LogP contribution in [0.15, 0.2) is 60.8 Å². The van der Waals surface area contributed by atoms with Gasteiger partial charge in [-0.2, -0.15) is 0 Å². The monoisotopic (exact) mass is 465 g/mol. The number of anilines is 4. The first kappa shape index (κ1) is 22.4. The van der Waals surface area contributed by atoms with E-state index in [0.717, 1.165) is 5.17 Å². The molecule has 13 heteroatoms. The lowest BCUT2D eigenvalue weighted by Crippen LogP contribution is -2.30. The molecule has 0 spiro atoms. The van der Waals surface area contributed by atoms with Crippen molar-refractivity contribution in [3.05, 3.63) is 70.9 Å². The SMILES string of the molecule is COc1cc(Nc2nc3cccnc3nc2NN(OO)c2cccc([N+](=O)[O-])c2)cc(OC)c1. The van der Waals surface area contributed by atoms with Gasteiger partial charge in [-0.25, -0.2) is 20.2 Å². The largest absolute Gasteiger partial charge is 0.497 e. The Morgan fingerprint density at radius 3 is 2.44 bits per heavy atom. The van der Waals surface area contributed by atoms with Gasteiger partial charge >= 0.3 is 0 Å². The van der Waals surface area contributed by atoms with Crippen LogP contribution >= 0.6 is 0 Å². The molecule has 174 valence electrons. The molecule has 0 fully saturated rings. The fourth-order valence-electron chi connectivity index (χ4n) is 3.04. The van der Waals surface area contributed by atoms with Crippen LogP contribution in [0, 0.1) is 10.1 Å². The molecule has 13 nitrogen and oxygen atoms in total. The Labute approximate surface area is 192 Å². The van der Waals surface area contributed by atoms with Crippen molar-refractivity contribution >= 4 is 39.9 Å². The molecule has 4 aromatic rings. The van der Waals surface area contributed by atoms with Crippen LogP contribution in [-0.2, 0) is 4.99 Å². The van der Waals surface area contributed by atoms with Gasteiger partial charge in [-0.05, 0) is 18.2 Å². The van der Waals surface area contributed by atoms with Crippen LogP contribution in [-0.4, -0.2) is 39.4 Å². The smallest absolute Gasteiger partial charge is 0.271 e. The van der Waals surface area contributed by atoms with Gasteiger partial charge in [0.25, 0.3) is 5.69 Å². The van der Waals surface area contributed by atoms with Gasteiger partial charge < -0.3 is 14.8 Å². The highest BCUT2D eigenvalue weighted by Gasteiger charge is 2.18. The van der Waals surface area contributed by atoms with Crippen molar-refractivity contribution in [1.29, 1.82) is 0 Å². The van der Waals surface area contributed by atoms with Gasteiger partial charge in [-0.1, -0.05) is 11.1 Å². The number of nitrogens with zero attached hydrogens (tertiary/aromatic N) is 5. The Kier molecular flexibility index (Phi) is 6.47. The summed E-state index contributed by atoms with van der Waals surface area (Å²) < 4.78 is 10.6. The molecule has 2 aromatic heterocycles. The van der Waals surface area contributed by atoms with Gasteiger partial charge in [-0.3, -0.25) is 15.5 Å². The first-order valence-corrected chi connectivity index (χ1v) is 9.76. The number of nitrogens with one attached hydrogen (secondary N) is 2. The van der Waals surface area contributed by atoms with Crippen LogP contribution in [0.4, 0.5) is 28.7 Å². The molecular formula is C21H19N7O6. The van der Waals surface area contributed by atoms with Crippen molar-refractivity contribution in [3.8, 4) is 11.5 Å². The Bertz CT molecular complexity index is 1310. The zero-order valence-electron chi connectivity index (χ0n) is 18.0. The summed E-state index contributed by atoms with van der Waals surface area (Å²) in [4.78, 5) is 28.2. The summed E-state index contributed by atoms with van der Waals surface area (Å²) in [5.41, 5.74) is 4.07. The third kappa shape index (κ3) is 4.85. The lowest BCUT2D eigenvalue weighted by atomic mass is 10.2. The zero-order chi connectivity index (χ0) is 24.1. The average Bonchev–Trinajstić information content (AvgIpc) is 2.87. The van der Waals surface area contributed by atoms with Crippen LogP contribution in [0.5, 0.6) is 11.5 Å². The molecule has 4 rings (SSSR count). The molecule has 0 saturated heterocycles. The number of aromatic nitrogens is 3. The second-order valence-corrected chi connectivity index (χ2v) is 6.76. The highest BCUT2D eigenvalue weighted by Crippen LogP contribution is 2.31. The van der Waals surface area contributed by atoms with Crippen LogP contribution in [0.1, 0.15) is 0 Å². The number of nitro groups is 1. The van der Waals surface area contributed by atoms with Gasteiger partial charge in [0.2, 0.25) is 0 Å². The molecular weight excluding hydrogens is 446 g/mol. The molecule has 34 heavy (non-hydrogen) atoms. The number of nitro benzene ring substituents is 1. The maximum atomic E-state index is 11.1. The molecule has 0 unspecified atom stereocenters. The van der Waals surface area contributed by atoms with E-state index in [0.29, 0.717) is 28.4 Å². The number of pyridine rings is 1. The maximum absolute atomic E-state index is 11.1. The van der Waals surface area contributed by atoms with E-state index in [4.69, 9.17) is 9.47 Å². The second-order valence-electron chi connectivity index (χ2n) is 6.76.